The lowest BCUT2D eigenvalue weighted by Crippen LogP contribution is -2.50. The van der Waals surface area contributed by atoms with Gasteiger partial charge in [-0.05, 0) is 17.5 Å². The van der Waals surface area contributed by atoms with Gasteiger partial charge in [0.1, 0.15) is 0 Å². The van der Waals surface area contributed by atoms with Gasteiger partial charge in [0.15, 0.2) is 0 Å². The highest BCUT2D eigenvalue weighted by Gasteiger charge is 2.74. The van der Waals surface area contributed by atoms with E-state index in [9.17, 15) is 30.7 Å². The van der Waals surface area contributed by atoms with E-state index in [0.29, 0.717) is 6.07 Å². The van der Waals surface area contributed by atoms with E-state index in [4.69, 9.17) is 0 Å². The Morgan fingerprint density at radius 1 is 0.789 bits per heavy atom. The minimum absolute atomic E-state index is 0.00646. The van der Waals surface area contributed by atoms with Gasteiger partial charge in [-0.1, -0.05) is 18.2 Å². The molecule has 0 saturated heterocycles. The van der Waals surface area contributed by atoms with Gasteiger partial charge in [-0.25, -0.2) is 4.39 Å². The van der Waals surface area contributed by atoms with Gasteiger partial charge in [0.2, 0.25) is 0 Å². The molecule has 2 aromatic rings. The maximum atomic E-state index is 13.7. The van der Waals surface area contributed by atoms with Crippen molar-refractivity contribution < 1.29 is 30.7 Å². The molecule has 1 N–H and O–H groups in total. The van der Waals surface area contributed by atoms with Crippen LogP contribution in [0, 0.1) is 0 Å². The van der Waals surface area contributed by atoms with Gasteiger partial charge < -0.3 is 4.98 Å². The topological polar surface area (TPSA) is 15.8 Å². The lowest BCUT2D eigenvalue weighted by molar-refractivity contribution is -0.349. The fourth-order valence-corrected chi connectivity index (χ4v) is 1.73. The highest BCUT2D eigenvalue weighted by atomic mass is 19.4. The van der Waals surface area contributed by atoms with Crippen LogP contribution < -0.4 is 0 Å². The SMILES string of the molecule is FC(F)(F)C(F)(c1cc2ccccc2[nH]1)C(F)(F)F. The molecule has 0 unspecified atom stereocenters. The first-order chi connectivity index (χ1) is 8.57. The largest absolute Gasteiger partial charge is 0.437 e. The molecule has 104 valence electrons. The predicted molar refractivity (Wildman–Crippen MR) is 53.2 cm³/mol. The second kappa shape index (κ2) is 3.88. The van der Waals surface area contributed by atoms with E-state index in [1.54, 1.807) is 0 Å². The maximum absolute atomic E-state index is 13.7. The van der Waals surface area contributed by atoms with Crippen molar-refractivity contribution in [2.75, 3.05) is 0 Å². The molecule has 1 nitrogen and oxygen atoms in total. The van der Waals surface area contributed by atoms with Crippen LogP contribution in [0.25, 0.3) is 10.9 Å². The van der Waals surface area contributed by atoms with Gasteiger partial charge in [-0.3, -0.25) is 0 Å². The summed E-state index contributed by atoms with van der Waals surface area (Å²) in [6.07, 6.45) is -12.2. The maximum Gasteiger partial charge on any atom is 0.437 e. The molecule has 0 saturated carbocycles. The Balaban J connectivity index is 2.69. The number of aromatic nitrogens is 1. The summed E-state index contributed by atoms with van der Waals surface area (Å²) in [7, 11) is 0. The Hall–Kier alpha value is -1.73. The minimum atomic E-state index is -6.11. The van der Waals surface area contributed by atoms with Crippen LogP contribution in [0.15, 0.2) is 30.3 Å². The van der Waals surface area contributed by atoms with Gasteiger partial charge in [0, 0.05) is 5.52 Å². The number of halogens is 7. The number of hydrogen-bond donors (Lipinski definition) is 1. The first kappa shape index (κ1) is 13.7. The first-order valence-electron chi connectivity index (χ1n) is 4.98. The second-order valence-corrected chi connectivity index (χ2v) is 3.92. The zero-order valence-corrected chi connectivity index (χ0v) is 9.03. The van der Waals surface area contributed by atoms with Crippen LogP contribution >= 0.6 is 0 Å². The van der Waals surface area contributed by atoms with E-state index in [1.807, 2.05) is 4.98 Å². The summed E-state index contributed by atoms with van der Waals surface area (Å²) in [5, 5.41) is 0.0630. The standard InChI is InChI=1S/C11H6F7N/c12-9(10(13,14)15,11(16,17)18)8-5-6-3-1-2-4-7(6)19-8/h1-5,19H. The van der Waals surface area contributed by atoms with Gasteiger partial charge in [0.25, 0.3) is 0 Å². The zero-order chi connectivity index (χ0) is 14.5. The number of benzene rings is 1. The van der Waals surface area contributed by atoms with Gasteiger partial charge in [0.05, 0.1) is 5.69 Å². The molecular weight excluding hydrogens is 279 g/mol. The van der Waals surface area contributed by atoms with Crippen LogP contribution in [-0.2, 0) is 5.67 Å². The molecule has 1 heterocycles. The molecular formula is C11H6F7N. The van der Waals surface area contributed by atoms with Crippen molar-refractivity contribution >= 4 is 10.9 Å². The smallest absolute Gasteiger partial charge is 0.355 e. The average molecular weight is 285 g/mol. The molecule has 0 spiro atoms. The monoisotopic (exact) mass is 285 g/mol. The van der Waals surface area contributed by atoms with Crippen molar-refractivity contribution in [3.05, 3.63) is 36.0 Å². The molecule has 8 heteroatoms. The molecule has 0 aliphatic rings. The predicted octanol–water partition coefficient (Wildman–Crippen LogP) is 4.46. The Morgan fingerprint density at radius 3 is 1.79 bits per heavy atom. The molecule has 0 atom stereocenters. The molecule has 0 amide bonds. The van der Waals surface area contributed by atoms with Crippen LogP contribution in [0.3, 0.4) is 0 Å². The molecule has 19 heavy (non-hydrogen) atoms. The fourth-order valence-electron chi connectivity index (χ4n) is 1.73. The van der Waals surface area contributed by atoms with Crippen molar-refractivity contribution in [3.63, 3.8) is 0 Å². The fraction of sp³-hybridized carbons (Fsp3) is 0.273. The van der Waals surface area contributed by atoms with E-state index >= 15 is 0 Å². The average Bonchev–Trinajstić information content (AvgIpc) is 2.68. The third-order valence-electron chi connectivity index (χ3n) is 2.68. The Kier molecular flexibility index (Phi) is 2.80. The van der Waals surface area contributed by atoms with Crippen LogP contribution in [-0.4, -0.2) is 17.3 Å². The molecule has 1 aromatic heterocycles. The number of alkyl halides is 7. The quantitative estimate of drug-likeness (QED) is 0.745. The van der Waals surface area contributed by atoms with E-state index in [1.165, 1.54) is 24.3 Å². The summed E-state index contributed by atoms with van der Waals surface area (Å²) in [6.45, 7) is 0. The lowest BCUT2D eigenvalue weighted by atomic mass is 10.0. The number of hydrogen-bond acceptors (Lipinski definition) is 0. The Bertz CT molecular complexity index is 546. The summed E-state index contributed by atoms with van der Waals surface area (Å²) in [5.74, 6) is 0. The van der Waals surface area contributed by atoms with Crippen molar-refractivity contribution in [2.24, 2.45) is 0 Å². The third-order valence-corrected chi connectivity index (χ3v) is 2.68. The number of nitrogens with one attached hydrogen (secondary N) is 1. The van der Waals surface area contributed by atoms with Gasteiger partial charge >= 0.3 is 18.0 Å². The highest BCUT2D eigenvalue weighted by molar-refractivity contribution is 5.80. The van der Waals surface area contributed by atoms with Crippen LogP contribution in [0.1, 0.15) is 5.69 Å². The minimum Gasteiger partial charge on any atom is -0.355 e. The zero-order valence-electron chi connectivity index (χ0n) is 9.03. The van der Waals surface area contributed by atoms with Crippen LogP contribution in [0.4, 0.5) is 30.7 Å². The Labute approximate surface area is 102 Å². The number of para-hydroxylation sites is 1. The van der Waals surface area contributed by atoms with E-state index < -0.39 is 23.7 Å². The van der Waals surface area contributed by atoms with Crippen molar-refractivity contribution in [2.45, 2.75) is 18.0 Å². The highest BCUT2D eigenvalue weighted by Crippen LogP contribution is 2.53. The van der Waals surface area contributed by atoms with E-state index in [-0.39, 0.29) is 10.9 Å². The molecule has 1 aromatic carbocycles. The number of aromatic amines is 1. The summed E-state index contributed by atoms with van der Waals surface area (Å²) >= 11 is 0. The Morgan fingerprint density at radius 2 is 1.32 bits per heavy atom. The second-order valence-electron chi connectivity index (χ2n) is 3.92. The van der Waals surface area contributed by atoms with Crippen molar-refractivity contribution in [1.82, 2.24) is 4.98 Å². The lowest BCUT2D eigenvalue weighted by Gasteiger charge is -2.28. The van der Waals surface area contributed by atoms with Crippen molar-refractivity contribution in [3.8, 4) is 0 Å². The summed E-state index contributed by atoms with van der Waals surface area (Å²) in [4.78, 5) is 1.83. The normalized spacial score (nSPS) is 14.1. The molecule has 0 radical (unpaired) electrons. The molecule has 0 aliphatic carbocycles. The van der Waals surface area contributed by atoms with Crippen LogP contribution in [0.2, 0.25) is 0 Å². The summed E-state index contributed by atoms with van der Waals surface area (Å²) < 4.78 is 88.7. The summed E-state index contributed by atoms with van der Waals surface area (Å²) in [6, 6.07) is 5.87. The van der Waals surface area contributed by atoms with E-state index in [0.717, 1.165) is 0 Å². The molecule has 0 aliphatic heterocycles. The van der Waals surface area contributed by atoms with Crippen LogP contribution in [0.5, 0.6) is 0 Å². The number of H-pyrrole nitrogens is 1. The van der Waals surface area contributed by atoms with Gasteiger partial charge in [-0.2, -0.15) is 26.3 Å². The summed E-state index contributed by atoms with van der Waals surface area (Å²) in [5.41, 5.74) is -7.00. The molecule has 0 bridgehead atoms. The van der Waals surface area contributed by atoms with Crippen molar-refractivity contribution in [1.29, 1.82) is 0 Å². The van der Waals surface area contributed by atoms with Gasteiger partial charge in [-0.15, -0.1) is 0 Å². The third kappa shape index (κ3) is 1.95. The number of rotatable bonds is 1. The molecule has 0 fully saturated rings. The molecule has 2 rings (SSSR count). The number of fused-ring (bicyclic) bond motifs is 1. The van der Waals surface area contributed by atoms with E-state index in [2.05, 4.69) is 0 Å². The first-order valence-corrected chi connectivity index (χ1v) is 4.98.